The fourth-order valence-electron chi connectivity index (χ4n) is 2.43. The first-order valence-corrected chi connectivity index (χ1v) is 6.67. The molecule has 1 aromatic carbocycles. The van der Waals surface area contributed by atoms with Gasteiger partial charge in [0.05, 0.1) is 5.60 Å². The van der Waals surface area contributed by atoms with Gasteiger partial charge in [-0.2, -0.15) is 0 Å². The van der Waals surface area contributed by atoms with Crippen LogP contribution >= 0.6 is 0 Å². The van der Waals surface area contributed by atoms with Gasteiger partial charge in [0.1, 0.15) is 0 Å². The summed E-state index contributed by atoms with van der Waals surface area (Å²) in [5.74, 6) is -3.87. The summed E-state index contributed by atoms with van der Waals surface area (Å²) >= 11 is 0. The Morgan fingerprint density at radius 3 is 2.50 bits per heavy atom. The first-order valence-electron chi connectivity index (χ1n) is 6.67. The second kappa shape index (κ2) is 6.11. The summed E-state index contributed by atoms with van der Waals surface area (Å²) in [6, 6.07) is 1.50. The van der Waals surface area contributed by atoms with Crippen LogP contribution < -0.4 is 11.1 Å². The lowest BCUT2D eigenvalue weighted by Gasteiger charge is -2.27. The fourth-order valence-corrected chi connectivity index (χ4v) is 2.43. The molecular weight excluding hydrogens is 269 g/mol. The van der Waals surface area contributed by atoms with Crippen molar-refractivity contribution in [2.24, 2.45) is 5.73 Å². The summed E-state index contributed by atoms with van der Waals surface area (Å²) in [6.07, 6.45) is 1.91. The van der Waals surface area contributed by atoms with Crippen LogP contribution in [0.25, 0.3) is 0 Å². The van der Waals surface area contributed by atoms with E-state index >= 15 is 0 Å². The van der Waals surface area contributed by atoms with Crippen molar-refractivity contribution in [3.8, 4) is 0 Å². The SMILES string of the molecule is CC1(CNC(CN)c2cc(F)c(F)c(F)c2)CCCO1. The van der Waals surface area contributed by atoms with E-state index in [0.29, 0.717) is 18.7 Å². The minimum Gasteiger partial charge on any atom is -0.374 e. The van der Waals surface area contributed by atoms with E-state index in [0.717, 1.165) is 25.0 Å². The Balaban J connectivity index is 2.08. The molecule has 3 N–H and O–H groups in total. The maximum atomic E-state index is 13.2. The molecule has 0 saturated carbocycles. The van der Waals surface area contributed by atoms with Gasteiger partial charge >= 0.3 is 0 Å². The van der Waals surface area contributed by atoms with E-state index in [4.69, 9.17) is 10.5 Å². The molecule has 6 heteroatoms. The van der Waals surface area contributed by atoms with Crippen LogP contribution in [-0.2, 0) is 4.74 Å². The first kappa shape index (κ1) is 15.3. The predicted molar refractivity (Wildman–Crippen MR) is 69.7 cm³/mol. The molecule has 112 valence electrons. The molecule has 0 aromatic heterocycles. The summed E-state index contributed by atoms with van der Waals surface area (Å²) in [4.78, 5) is 0. The van der Waals surface area contributed by atoms with Crippen molar-refractivity contribution in [1.82, 2.24) is 5.32 Å². The highest BCUT2D eigenvalue weighted by Crippen LogP contribution is 2.25. The van der Waals surface area contributed by atoms with Gasteiger partial charge in [-0.1, -0.05) is 0 Å². The monoisotopic (exact) mass is 288 g/mol. The number of nitrogens with one attached hydrogen (secondary N) is 1. The van der Waals surface area contributed by atoms with Gasteiger partial charge < -0.3 is 15.8 Å². The molecule has 2 unspecified atom stereocenters. The van der Waals surface area contributed by atoms with Gasteiger partial charge in [0.2, 0.25) is 0 Å². The molecule has 3 nitrogen and oxygen atoms in total. The van der Waals surface area contributed by atoms with Gasteiger partial charge in [-0.05, 0) is 37.5 Å². The van der Waals surface area contributed by atoms with Crippen LogP contribution in [0.2, 0.25) is 0 Å². The lowest BCUT2D eigenvalue weighted by molar-refractivity contribution is 0.0189. The molecule has 1 heterocycles. The maximum Gasteiger partial charge on any atom is 0.194 e. The molecule has 20 heavy (non-hydrogen) atoms. The van der Waals surface area contributed by atoms with Gasteiger partial charge in [0, 0.05) is 25.7 Å². The van der Waals surface area contributed by atoms with E-state index < -0.39 is 23.5 Å². The molecule has 1 aliphatic rings. The number of hydrogen-bond acceptors (Lipinski definition) is 3. The van der Waals surface area contributed by atoms with Gasteiger partial charge in [0.15, 0.2) is 17.5 Å². The van der Waals surface area contributed by atoms with Crippen molar-refractivity contribution < 1.29 is 17.9 Å². The molecule has 1 saturated heterocycles. The van der Waals surface area contributed by atoms with Gasteiger partial charge in [-0.25, -0.2) is 13.2 Å². The summed E-state index contributed by atoms with van der Waals surface area (Å²) < 4.78 is 45.1. The van der Waals surface area contributed by atoms with Crippen molar-refractivity contribution in [3.63, 3.8) is 0 Å². The van der Waals surface area contributed by atoms with E-state index in [1.54, 1.807) is 0 Å². The number of benzene rings is 1. The minimum absolute atomic E-state index is 0.153. The normalized spacial score (nSPS) is 24.1. The molecule has 1 aromatic rings. The lowest BCUT2D eigenvalue weighted by Crippen LogP contribution is -2.41. The number of nitrogens with two attached hydrogens (primary N) is 1. The Bertz CT molecular complexity index is 452. The molecule has 1 fully saturated rings. The second-order valence-corrected chi connectivity index (χ2v) is 5.37. The molecule has 2 atom stereocenters. The highest BCUT2D eigenvalue weighted by Gasteiger charge is 2.30. The smallest absolute Gasteiger partial charge is 0.194 e. The Labute approximate surface area is 116 Å². The predicted octanol–water partition coefficient (Wildman–Crippen LogP) is 2.26. The number of ether oxygens (including phenoxy) is 1. The van der Waals surface area contributed by atoms with Crippen molar-refractivity contribution in [2.45, 2.75) is 31.4 Å². The highest BCUT2D eigenvalue weighted by molar-refractivity contribution is 5.23. The number of rotatable bonds is 5. The van der Waals surface area contributed by atoms with Crippen LogP contribution in [0.4, 0.5) is 13.2 Å². The molecule has 1 aliphatic heterocycles. The standard InChI is InChI=1S/C14H19F3N2O/c1-14(3-2-4-20-14)8-19-12(7-18)9-5-10(15)13(17)11(16)6-9/h5-6,12,19H,2-4,7-8,18H2,1H3. The summed E-state index contributed by atoms with van der Waals surface area (Å²) in [7, 11) is 0. The van der Waals surface area contributed by atoms with E-state index in [1.165, 1.54) is 0 Å². The van der Waals surface area contributed by atoms with Gasteiger partial charge in [-0.15, -0.1) is 0 Å². The third-order valence-corrected chi connectivity index (χ3v) is 3.67. The molecule has 2 rings (SSSR count). The lowest BCUT2D eigenvalue weighted by atomic mass is 10.0. The molecule has 0 amide bonds. The molecule has 0 radical (unpaired) electrons. The Morgan fingerprint density at radius 1 is 1.35 bits per heavy atom. The van der Waals surface area contributed by atoms with Gasteiger partial charge in [-0.3, -0.25) is 0 Å². The summed E-state index contributed by atoms with van der Waals surface area (Å²) in [6.45, 7) is 3.37. The molecule has 0 spiro atoms. The van der Waals surface area contributed by atoms with Crippen LogP contribution in [0.1, 0.15) is 31.4 Å². The minimum atomic E-state index is -1.46. The van der Waals surface area contributed by atoms with E-state index in [-0.39, 0.29) is 12.1 Å². The zero-order chi connectivity index (χ0) is 14.8. The van der Waals surface area contributed by atoms with Gasteiger partial charge in [0.25, 0.3) is 0 Å². The van der Waals surface area contributed by atoms with E-state index in [2.05, 4.69) is 5.32 Å². The summed E-state index contributed by atoms with van der Waals surface area (Å²) in [5.41, 5.74) is 5.64. The third-order valence-electron chi connectivity index (χ3n) is 3.67. The highest BCUT2D eigenvalue weighted by atomic mass is 19.2. The van der Waals surface area contributed by atoms with Crippen LogP contribution in [0.3, 0.4) is 0 Å². The Kier molecular flexibility index (Phi) is 4.67. The zero-order valence-electron chi connectivity index (χ0n) is 11.4. The topological polar surface area (TPSA) is 47.3 Å². The van der Waals surface area contributed by atoms with Crippen molar-refractivity contribution in [1.29, 1.82) is 0 Å². The largest absolute Gasteiger partial charge is 0.374 e. The van der Waals surface area contributed by atoms with Crippen LogP contribution in [0.15, 0.2) is 12.1 Å². The maximum absolute atomic E-state index is 13.2. The fraction of sp³-hybridized carbons (Fsp3) is 0.571. The quantitative estimate of drug-likeness (QED) is 0.817. The Hall–Kier alpha value is -1.11. The molecular formula is C14H19F3N2O. The van der Waals surface area contributed by atoms with Crippen molar-refractivity contribution in [3.05, 3.63) is 35.1 Å². The van der Waals surface area contributed by atoms with Crippen LogP contribution in [0, 0.1) is 17.5 Å². The van der Waals surface area contributed by atoms with E-state index in [9.17, 15) is 13.2 Å². The number of hydrogen-bond donors (Lipinski definition) is 2. The Morgan fingerprint density at radius 2 is 2.00 bits per heavy atom. The summed E-state index contributed by atoms with van der Waals surface area (Å²) in [5, 5.41) is 3.14. The van der Waals surface area contributed by atoms with Crippen LogP contribution in [-0.4, -0.2) is 25.3 Å². The molecule has 0 bridgehead atoms. The second-order valence-electron chi connectivity index (χ2n) is 5.37. The number of halogens is 3. The average Bonchev–Trinajstić information content (AvgIpc) is 2.84. The third kappa shape index (κ3) is 3.31. The van der Waals surface area contributed by atoms with E-state index in [1.807, 2.05) is 6.92 Å². The zero-order valence-corrected chi connectivity index (χ0v) is 11.4. The van der Waals surface area contributed by atoms with Crippen LogP contribution in [0.5, 0.6) is 0 Å². The first-order chi connectivity index (χ1) is 9.45. The molecule has 0 aliphatic carbocycles. The average molecular weight is 288 g/mol. The van der Waals surface area contributed by atoms with Crippen molar-refractivity contribution in [2.75, 3.05) is 19.7 Å². The van der Waals surface area contributed by atoms with Crippen molar-refractivity contribution >= 4 is 0 Å².